The third-order valence-corrected chi connectivity index (χ3v) is 4.60. The van der Waals surface area contributed by atoms with Crippen LogP contribution in [0.15, 0.2) is 18.2 Å². The van der Waals surface area contributed by atoms with Crippen LogP contribution in [0.5, 0.6) is 5.75 Å². The first kappa shape index (κ1) is 17.8. The standard InChI is InChI=1S/C19H30N2O2/c1-6-20-9-11-21(12-10-20)18(22)14-15-7-8-17(23-5)16(13-15)19(2,3)4/h7-8,13H,6,9-12,14H2,1-5H3. The minimum Gasteiger partial charge on any atom is -0.496 e. The maximum atomic E-state index is 12.6. The molecule has 1 amide bonds. The van der Waals surface area contributed by atoms with E-state index in [0.717, 1.165) is 49.6 Å². The highest BCUT2D eigenvalue weighted by molar-refractivity contribution is 5.79. The van der Waals surface area contributed by atoms with Gasteiger partial charge in [0, 0.05) is 26.2 Å². The smallest absolute Gasteiger partial charge is 0.227 e. The van der Waals surface area contributed by atoms with Gasteiger partial charge in [0.1, 0.15) is 5.75 Å². The minimum absolute atomic E-state index is 0.00282. The maximum Gasteiger partial charge on any atom is 0.227 e. The van der Waals surface area contributed by atoms with Gasteiger partial charge in [-0.1, -0.05) is 39.8 Å². The molecule has 1 saturated heterocycles. The molecular weight excluding hydrogens is 288 g/mol. The first-order chi connectivity index (χ1) is 10.8. The second kappa shape index (κ2) is 7.35. The molecule has 4 nitrogen and oxygen atoms in total. The van der Waals surface area contributed by atoms with Crippen molar-refractivity contribution in [3.63, 3.8) is 0 Å². The van der Waals surface area contributed by atoms with Crippen LogP contribution in [-0.4, -0.2) is 55.5 Å². The quantitative estimate of drug-likeness (QED) is 0.856. The highest BCUT2D eigenvalue weighted by atomic mass is 16.5. The number of ether oxygens (including phenoxy) is 1. The van der Waals surface area contributed by atoms with Gasteiger partial charge in [0.2, 0.25) is 5.91 Å². The van der Waals surface area contributed by atoms with E-state index in [9.17, 15) is 4.79 Å². The summed E-state index contributed by atoms with van der Waals surface area (Å²) in [5.41, 5.74) is 2.22. The zero-order valence-electron chi connectivity index (χ0n) is 15.2. The molecule has 1 fully saturated rings. The average Bonchev–Trinajstić information content (AvgIpc) is 2.54. The van der Waals surface area contributed by atoms with Gasteiger partial charge in [-0.15, -0.1) is 0 Å². The van der Waals surface area contributed by atoms with E-state index in [1.54, 1.807) is 7.11 Å². The van der Waals surface area contributed by atoms with E-state index >= 15 is 0 Å². The average molecular weight is 318 g/mol. The molecule has 0 spiro atoms. The largest absolute Gasteiger partial charge is 0.496 e. The van der Waals surface area contributed by atoms with Crippen LogP contribution in [0.4, 0.5) is 0 Å². The van der Waals surface area contributed by atoms with Crippen LogP contribution in [-0.2, 0) is 16.6 Å². The molecule has 23 heavy (non-hydrogen) atoms. The summed E-state index contributed by atoms with van der Waals surface area (Å²) in [6.07, 6.45) is 0.471. The number of likely N-dealkylation sites (N-methyl/N-ethyl adjacent to an activating group) is 1. The van der Waals surface area contributed by atoms with Crippen LogP contribution in [0.25, 0.3) is 0 Å². The molecule has 0 radical (unpaired) electrons. The van der Waals surface area contributed by atoms with E-state index in [1.165, 1.54) is 0 Å². The summed E-state index contributed by atoms with van der Waals surface area (Å²) in [5, 5.41) is 0. The number of hydrogen-bond donors (Lipinski definition) is 0. The lowest BCUT2D eigenvalue weighted by atomic mass is 9.85. The number of methoxy groups -OCH3 is 1. The molecule has 0 saturated carbocycles. The Balaban J connectivity index is 2.07. The molecule has 2 rings (SSSR count). The highest BCUT2D eigenvalue weighted by Gasteiger charge is 2.22. The fraction of sp³-hybridized carbons (Fsp3) is 0.632. The van der Waals surface area contributed by atoms with Gasteiger partial charge < -0.3 is 14.5 Å². The highest BCUT2D eigenvalue weighted by Crippen LogP contribution is 2.32. The molecule has 4 heteroatoms. The van der Waals surface area contributed by atoms with Crippen LogP contribution < -0.4 is 4.74 Å². The summed E-state index contributed by atoms with van der Waals surface area (Å²) in [7, 11) is 1.70. The van der Waals surface area contributed by atoms with Crippen LogP contribution >= 0.6 is 0 Å². The van der Waals surface area contributed by atoms with Crippen molar-refractivity contribution in [1.29, 1.82) is 0 Å². The lowest BCUT2D eigenvalue weighted by Crippen LogP contribution is -2.48. The van der Waals surface area contributed by atoms with E-state index < -0.39 is 0 Å². The summed E-state index contributed by atoms with van der Waals surface area (Å²) in [6.45, 7) is 13.4. The van der Waals surface area contributed by atoms with Crippen molar-refractivity contribution >= 4 is 5.91 Å². The fourth-order valence-corrected chi connectivity index (χ4v) is 3.05. The van der Waals surface area contributed by atoms with Gasteiger partial charge in [-0.2, -0.15) is 0 Å². The van der Waals surface area contributed by atoms with E-state index in [4.69, 9.17) is 4.74 Å². The van der Waals surface area contributed by atoms with Gasteiger partial charge in [-0.25, -0.2) is 0 Å². The molecule has 0 unspecified atom stereocenters. The number of benzene rings is 1. The number of rotatable bonds is 4. The Bertz CT molecular complexity index is 541. The van der Waals surface area contributed by atoms with E-state index in [0.29, 0.717) is 6.42 Å². The zero-order valence-corrected chi connectivity index (χ0v) is 15.2. The molecule has 128 valence electrons. The Morgan fingerprint density at radius 2 is 1.83 bits per heavy atom. The molecule has 0 atom stereocenters. The van der Waals surface area contributed by atoms with E-state index in [2.05, 4.69) is 38.7 Å². The topological polar surface area (TPSA) is 32.8 Å². The SMILES string of the molecule is CCN1CCN(C(=O)Cc2ccc(OC)c(C(C)(C)C)c2)CC1. The van der Waals surface area contributed by atoms with Crippen LogP contribution in [0.1, 0.15) is 38.8 Å². The van der Waals surface area contributed by atoms with Gasteiger partial charge in [0.05, 0.1) is 13.5 Å². The van der Waals surface area contributed by atoms with E-state index in [-0.39, 0.29) is 11.3 Å². The minimum atomic E-state index is -0.00282. The number of nitrogens with zero attached hydrogens (tertiary/aromatic N) is 2. The fourth-order valence-electron chi connectivity index (χ4n) is 3.05. The van der Waals surface area contributed by atoms with Crippen LogP contribution in [0.3, 0.4) is 0 Å². The normalized spacial score (nSPS) is 16.5. The first-order valence-electron chi connectivity index (χ1n) is 8.52. The Morgan fingerprint density at radius 3 is 2.35 bits per heavy atom. The van der Waals surface area contributed by atoms with Crippen molar-refractivity contribution in [2.24, 2.45) is 0 Å². The van der Waals surface area contributed by atoms with Crippen molar-refractivity contribution in [1.82, 2.24) is 9.80 Å². The van der Waals surface area contributed by atoms with Gasteiger partial charge in [-0.3, -0.25) is 4.79 Å². The second-order valence-electron chi connectivity index (χ2n) is 7.28. The molecule has 1 aliphatic heterocycles. The summed E-state index contributed by atoms with van der Waals surface area (Å²) < 4.78 is 5.47. The van der Waals surface area contributed by atoms with Gasteiger partial charge in [0.15, 0.2) is 0 Å². The molecular formula is C19H30N2O2. The predicted molar refractivity (Wildman–Crippen MR) is 94.1 cm³/mol. The monoisotopic (exact) mass is 318 g/mol. The molecule has 1 aromatic rings. The summed E-state index contributed by atoms with van der Waals surface area (Å²) in [6, 6.07) is 6.12. The van der Waals surface area contributed by atoms with Crippen LogP contribution in [0.2, 0.25) is 0 Å². The van der Waals surface area contributed by atoms with Crippen molar-refractivity contribution in [3.8, 4) is 5.75 Å². The Kier molecular flexibility index (Phi) is 5.69. The third kappa shape index (κ3) is 4.47. The van der Waals surface area contributed by atoms with E-state index in [1.807, 2.05) is 17.0 Å². The maximum absolute atomic E-state index is 12.6. The number of piperazine rings is 1. The summed E-state index contributed by atoms with van der Waals surface area (Å²) in [5.74, 6) is 1.12. The lowest BCUT2D eigenvalue weighted by molar-refractivity contribution is -0.132. The Morgan fingerprint density at radius 1 is 1.17 bits per heavy atom. The van der Waals surface area contributed by atoms with Crippen molar-refractivity contribution in [2.45, 2.75) is 39.5 Å². The molecule has 1 aromatic carbocycles. The molecule has 1 aliphatic rings. The second-order valence-corrected chi connectivity index (χ2v) is 7.28. The Labute approximate surface area is 140 Å². The molecule has 0 bridgehead atoms. The van der Waals surface area contributed by atoms with Crippen LogP contribution in [0, 0.1) is 0 Å². The number of hydrogen-bond acceptors (Lipinski definition) is 3. The summed E-state index contributed by atoms with van der Waals surface area (Å²) in [4.78, 5) is 16.9. The lowest BCUT2D eigenvalue weighted by Gasteiger charge is -2.34. The van der Waals surface area contributed by atoms with Crippen molar-refractivity contribution in [2.75, 3.05) is 39.8 Å². The molecule has 0 N–H and O–H groups in total. The van der Waals surface area contributed by atoms with Gasteiger partial charge in [0.25, 0.3) is 0 Å². The number of carbonyl (C=O) groups is 1. The predicted octanol–water partition coefficient (Wildman–Crippen LogP) is 2.70. The third-order valence-electron chi connectivity index (χ3n) is 4.60. The molecule has 0 aliphatic carbocycles. The van der Waals surface area contributed by atoms with Gasteiger partial charge >= 0.3 is 0 Å². The van der Waals surface area contributed by atoms with Gasteiger partial charge in [-0.05, 0) is 29.2 Å². The molecule has 1 heterocycles. The first-order valence-corrected chi connectivity index (χ1v) is 8.52. The van der Waals surface area contributed by atoms with Crippen molar-refractivity contribution < 1.29 is 9.53 Å². The summed E-state index contributed by atoms with van der Waals surface area (Å²) >= 11 is 0. The number of carbonyl (C=O) groups excluding carboxylic acids is 1. The number of amides is 1. The van der Waals surface area contributed by atoms with Crippen molar-refractivity contribution in [3.05, 3.63) is 29.3 Å². The Hall–Kier alpha value is -1.55. The zero-order chi connectivity index (χ0) is 17.0. The molecule has 0 aromatic heterocycles.